The summed E-state index contributed by atoms with van der Waals surface area (Å²) >= 11 is 12.5. The number of hydrogen-bond acceptors (Lipinski definition) is 2. The van der Waals surface area contributed by atoms with Gasteiger partial charge < -0.3 is 10.1 Å². The monoisotopic (exact) mass is 299 g/mol. The van der Waals surface area contributed by atoms with Gasteiger partial charge in [-0.3, -0.25) is 0 Å². The van der Waals surface area contributed by atoms with E-state index in [9.17, 15) is 0 Å². The van der Waals surface area contributed by atoms with E-state index in [1.54, 1.807) is 7.11 Å². The quantitative estimate of drug-likeness (QED) is 0.881. The van der Waals surface area contributed by atoms with Crippen LogP contribution >= 0.6 is 23.2 Å². The predicted octanol–water partition coefficient (Wildman–Crippen LogP) is 4.25. The molecule has 1 aliphatic heterocycles. The van der Waals surface area contributed by atoms with Gasteiger partial charge in [0.25, 0.3) is 0 Å². The number of halogens is 2. The third kappa shape index (κ3) is 2.35. The average molecular weight is 300 g/mol. The van der Waals surface area contributed by atoms with E-state index in [1.165, 1.54) is 25.7 Å². The molecule has 1 N–H and O–H groups in total. The molecule has 3 rings (SSSR count). The summed E-state index contributed by atoms with van der Waals surface area (Å²) in [6, 6.07) is 3.74. The molecular formula is C15H19Cl2NO. The third-order valence-electron chi connectivity index (χ3n) is 4.74. The molecule has 1 spiro atoms. The number of piperidine rings is 1. The fourth-order valence-electron chi connectivity index (χ4n) is 3.66. The lowest BCUT2D eigenvalue weighted by molar-refractivity contribution is 0.0594. The second-order valence-electron chi connectivity index (χ2n) is 5.83. The van der Waals surface area contributed by atoms with Crippen LogP contribution in [0.25, 0.3) is 0 Å². The van der Waals surface area contributed by atoms with Crippen LogP contribution in [0.15, 0.2) is 12.1 Å². The number of nitrogens with one attached hydrogen (secondary N) is 1. The number of rotatable bonds is 2. The molecule has 0 unspecified atom stereocenters. The summed E-state index contributed by atoms with van der Waals surface area (Å²) in [5, 5.41) is 4.74. The molecule has 1 aliphatic carbocycles. The molecule has 0 radical (unpaired) electrons. The van der Waals surface area contributed by atoms with Crippen LogP contribution in [0, 0.1) is 5.41 Å². The Morgan fingerprint density at radius 3 is 2.53 bits per heavy atom. The van der Waals surface area contributed by atoms with E-state index in [4.69, 9.17) is 27.9 Å². The van der Waals surface area contributed by atoms with Crippen molar-refractivity contribution in [3.8, 4) is 5.75 Å². The van der Waals surface area contributed by atoms with E-state index < -0.39 is 0 Å². The van der Waals surface area contributed by atoms with Crippen LogP contribution in [-0.4, -0.2) is 20.2 Å². The van der Waals surface area contributed by atoms with Crippen molar-refractivity contribution in [3.63, 3.8) is 0 Å². The normalized spacial score (nSPS) is 22.3. The lowest BCUT2D eigenvalue weighted by atomic mass is 9.56. The van der Waals surface area contributed by atoms with Crippen LogP contribution in [0.4, 0.5) is 0 Å². The highest BCUT2D eigenvalue weighted by Crippen LogP contribution is 2.58. The minimum atomic E-state index is 0.499. The molecule has 104 valence electrons. The molecule has 1 aromatic carbocycles. The zero-order valence-electron chi connectivity index (χ0n) is 11.1. The maximum Gasteiger partial charge on any atom is 0.123 e. The Balaban J connectivity index is 1.83. The van der Waals surface area contributed by atoms with Gasteiger partial charge in [-0.25, -0.2) is 0 Å². The van der Waals surface area contributed by atoms with Crippen molar-refractivity contribution in [2.24, 2.45) is 5.41 Å². The molecule has 2 fully saturated rings. The van der Waals surface area contributed by atoms with Gasteiger partial charge in [-0.2, -0.15) is 0 Å². The highest BCUT2D eigenvalue weighted by molar-refractivity contribution is 6.42. The van der Waals surface area contributed by atoms with E-state index in [2.05, 4.69) is 5.32 Å². The summed E-state index contributed by atoms with van der Waals surface area (Å²) in [5.41, 5.74) is 1.65. The molecule has 0 atom stereocenters. The molecule has 2 nitrogen and oxygen atoms in total. The predicted molar refractivity (Wildman–Crippen MR) is 79.5 cm³/mol. The maximum atomic E-state index is 6.39. The summed E-state index contributed by atoms with van der Waals surface area (Å²) in [6.07, 6.45) is 4.99. The van der Waals surface area contributed by atoms with Crippen LogP contribution in [0.2, 0.25) is 10.0 Å². The summed E-state index contributed by atoms with van der Waals surface area (Å²) in [4.78, 5) is 0. The Bertz CT molecular complexity index is 475. The number of hydrogen-bond donors (Lipinski definition) is 1. The smallest absolute Gasteiger partial charge is 0.123 e. The van der Waals surface area contributed by atoms with Crippen molar-refractivity contribution >= 4 is 23.2 Å². The van der Waals surface area contributed by atoms with Crippen molar-refractivity contribution in [2.45, 2.75) is 31.6 Å². The molecule has 0 aromatic heterocycles. The maximum absolute atomic E-state index is 6.39. The van der Waals surface area contributed by atoms with E-state index in [0.29, 0.717) is 21.4 Å². The minimum absolute atomic E-state index is 0.499. The van der Waals surface area contributed by atoms with Gasteiger partial charge in [-0.15, -0.1) is 0 Å². The fourth-order valence-corrected chi connectivity index (χ4v) is 4.14. The molecule has 1 heterocycles. The summed E-state index contributed by atoms with van der Waals surface area (Å²) < 4.78 is 5.46. The lowest BCUT2D eigenvalue weighted by Gasteiger charge is -2.51. The molecule has 2 aliphatic rings. The largest absolute Gasteiger partial charge is 0.496 e. The van der Waals surface area contributed by atoms with Crippen LogP contribution < -0.4 is 10.1 Å². The second-order valence-corrected chi connectivity index (χ2v) is 6.62. The lowest BCUT2D eigenvalue weighted by Crippen LogP contribution is -2.44. The molecule has 1 aromatic rings. The van der Waals surface area contributed by atoms with Gasteiger partial charge >= 0.3 is 0 Å². The van der Waals surface area contributed by atoms with Crippen molar-refractivity contribution in [2.75, 3.05) is 20.2 Å². The van der Waals surface area contributed by atoms with E-state index >= 15 is 0 Å². The molecular weight excluding hydrogens is 281 g/mol. The van der Waals surface area contributed by atoms with Crippen molar-refractivity contribution < 1.29 is 4.74 Å². The van der Waals surface area contributed by atoms with E-state index in [-0.39, 0.29) is 0 Å². The van der Waals surface area contributed by atoms with Crippen LogP contribution in [-0.2, 0) is 0 Å². The van der Waals surface area contributed by atoms with Gasteiger partial charge in [0.05, 0.1) is 17.2 Å². The van der Waals surface area contributed by atoms with Crippen molar-refractivity contribution in [3.05, 3.63) is 27.7 Å². The molecule has 19 heavy (non-hydrogen) atoms. The molecule has 0 bridgehead atoms. The second kappa shape index (κ2) is 5.16. The fraction of sp³-hybridized carbons (Fsp3) is 0.600. The average Bonchev–Trinajstić information content (AvgIpc) is 2.40. The minimum Gasteiger partial charge on any atom is -0.496 e. The third-order valence-corrected chi connectivity index (χ3v) is 5.56. The van der Waals surface area contributed by atoms with Crippen LogP contribution in [0.5, 0.6) is 5.75 Å². The van der Waals surface area contributed by atoms with Gasteiger partial charge in [-0.1, -0.05) is 23.2 Å². The topological polar surface area (TPSA) is 21.3 Å². The molecule has 4 heteroatoms. The Morgan fingerprint density at radius 1 is 1.21 bits per heavy atom. The first-order valence-corrected chi connectivity index (χ1v) is 7.63. The number of methoxy groups -OCH3 is 1. The Kier molecular flexibility index (Phi) is 3.67. The van der Waals surface area contributed by atoms with Crippen LogP contribution in [0.3, 0.4) is 0 Å². The Hall–Kier alpha value is -0.440. The van der Waals surface area contributed by atoms with Gasteiger partial charge in [0, 0.05) is 5.56 Å². The Morgan fingerprint density at radius 2 is 1.89 bits per heavy atom. The van der Waals surface area contributed by atoms with Gasteiger partial charge in [-0.05, 0) is 62.2 Å². The first-order valence-electron chi connectivity index (χ1n) is 6.88. The summed E-state index contributed by atoms with van der Waals surface area (Å²) in [5.74, 6) is 1.38. The Labute approximate surface area is 124 Å². The van der Waals surface area contributed by atoms with Gasteiger partial charge in [0.15, 0.2) is 0 Å². The SMILES string of the molecule is COc1ccc(Cl)c(Cl)c1C1CC2(CCNCC2)C1. The van der Waals surface area contributed by atoms with Gasteiger partial charge in [0.2, 0.25) is 0 Å². The van der Waals surface area contributed by atoms with Crippen LogP contribution in [0.1, 0.15) is 37.2 Å². The first-order chi connectivity index (χ1) is 9.15. The highest BCUT2D eigenvalue weighted by Gasteiger charge is 2.46. The van der Waals surface area contributed by atoms with Crippen molar-refractivity contribution in [1.82, 2.24) is 5.32 Å². The first kappa shape index (κ1) is 13.5. The number of benzene rings is 1. The number of ether oxygens (including phenoxy) is 1. The highest BCUT2D eigenvalue weighted by atomic mass is 35.5. The van der Waals surface area contributed by atoms with E-state index in [1.807, 2.05) is 12.1 Å². The zero-order chi connectivity index (χ0) is 13.5. The zero-order valence-corrected chi connectivity index (χ0v) is 12.7. The standard InChI is InChI=1S/C15H19Cl2NO/c1-19-12-3-2-11(16)14(17)13(12)10-8-15(9-10)4-6-18-7-5-15/h2-3,10,18H,4-9H2,1H3. The van der Waals surface area contributed by atoms with Gasteiger partial charge in [0.1, 0.15) is 5.75 Å². The molecule has 0 amide bonds. The summed E-state index contributed by atoms with van der Waals surface area (Å²) in [7, 11) is 1.70. The van der Waals surface area contributed by atoms with Crippen molar-refractivity contribution in [1.29, 1.82) is 0 Å². The molecule has 1 saturated carbocycles. The van der Waals surface area contributed by atoms with E-state index in [0.717, 1.165) is 24.4 Å². The molecule has 1 saturated heterocycles. The summed E-state index contributed by atoms with van der Waals surface area (Å²) in [6.45, 7) is 2.29.